The molecule has 0 bridgehead atoms. The van der Waals surface area contributed by atoms with Crippen molar-refractivity contribution in [3.8, 4) is 23.0 Å². The van der Waals surface area contributed by atoms with Gasteiger partial charge in [0.2, 0.25) is 0 Å². The Labute approximate surface area is 396 Å². The van der Waals surface area contributed by atoms with E-state index in [1.54, 1.807) is 0 Å². The number of halogens is 8. The summed E-state index contributed by atoms with van der Waals surface area (Å²) < 4.78 is 123. The van der Waals surface area contributed by atoms with Gasteiger partial charge in [-0.1, -0.05) is 48.5 Å². The van der Waals surface area contributed by atoms with E-state index >= 15 is 0 Å². The molecule has 0 spiro atoms. The number of ether oxygens (including phenoxy) is 8. The van der Waals surface area contributed by atoms with Gasteiger partial charge in [-0.2, -0.15) is 0 Å². The first kappa shape index (κ1) is 59.4. The molecule has 0 amide bonds. The number of imidazole rings is 2. The minimum Gasteiger partial charge on any atom is -0.487 e. The Morgan fingerprint density at radius 3 is 0.900 bits per heavy atom. The van der Waals surface area contributed by atoms with Crippen molar-refractivity contribution >= 4 is 36.6 Å². The van der Waals surface area contributed by atoms with Crippen LogP contribution in [0.5, 0.6) is 23.0 Å². The standard InChI is InChI=1S/C24H32O8.C16H14N4.2CH3NO2.2BF4/c1-2-6-22-21(5-1)29-17-13-25-9-10-27-15-19-31-23-7-3-4-8-24(23)32-20-16-28-12-11-26-14-18-30-22;1-2-6-12-11(5-1)17-15(18-12)9-10-16-19-13-7-3-4-8-14(13)20-16;2*1-2(3)4;2*2-1(3,4)5/h1-8H,9-20H2;1-8H,9-10H2,(H,17,18)(H,19,20);2*1H3;;/q;;;;2*-1/p+2. The van der Waals surface area contributed by atoms with Crippen molar-refractivity contribution < 1.29 is 92.2 Å². The summed E-state index contributed by atoms with van der Waals surface area (Å²) in [4.78, 5) is 30.3. The largest absolute Gasteiger partial charge is 0.673 e. The number of aromatic nitrogens is 4. The van der Waals surface area contributed by atoms with Crippen molar-refractivity contribution in [2.24, 2.45) is 0 Å². The topological polar surface area (TPSA) is 220 Å². The molecule has 0 radical (unpaired) electrons. The molecule has 0 saturated carbocycles. The molecule has 6 aromatic rings. The van der Waals surface area contributed by atoms with Crippen LogP contribution in [-0.4, -0.2) is 128 Å². The number of para-hydroxylation sites is 8. The summed E-state index contributed by atoms with van der Waals surface area (Å²) >= 11 is 0. The summed E-state index contributed by atoms with van der Waals surface area (Å²) in [5.41, 5.74) is 4.62. The van der Waals surface area contributed by atoms with Gasteiger partial charge in [-0.3, -0.25) is 20.2 Å². The average Bonchev–Trinajstić information content (AvgIpc) is 3.90. The Morgan fingerprint density at radius 1 is 0.443 bits per heavy atom. The third-order valence-electron chi connectivity index (χ3n) is 8.00. The van der Waals surface area contributed by atoms with E-state index in [0.29, 0.717) is 102 Å². The zero-order valence-corrected chi connectivity index (χ0v) is 38.1. The second-order valence-electron chi connectivity index (χ2n) is 13.7. The first-order valence-corrected chi connectivity index (χ1v) is 21.2. The van der Waals surface area contributed by atoms with Crippen LogP contribution >= 0.6 is 0 Å². The van der Waals surface area contributed by atoms with Gasteiger partial charge in [0, 0.05) is 9.85 Å². The van der Waals surface area contributed by atoms with Gasteiger partial charge < -0.3 is 72.4 Å². The van der Waals surface area contributed by atoms with Gasteiger partial charge in [0.1, 0.15) is 26.4 Å². The maximum Gasteiger partial charge on any atom is 0.673 e. The highest BCUT2D eigenvalue weighted by Crippen LogP contribution is 2.27. The van der Waals surface area contributed by atoms with E-state index in [2.05, 4.69) is 44.2 Å². The first-order chi connectivity index (χ1) is 33.3. The van der Waals surface area contributed by atoms with Crippen molar-refractivity contribution in [2.45, 2.75) is 12.8 Å². The molecule has 2 aromatic heterocycles. The third-order valence-corrected chi connectivity index (χ3v) is 8.00. The number of hydrogen-bond donors (Lipinski definition) is 2. The molecule has 0 unspecified atom stereocenters. The van der Waals surface area contributed by atoms with Crippen LogP contribution in [-0.2, 0) is 31.8 Å². The Morgan fingerprint density at radius 2 is 0.657 bits per heavy atom. The Kier molecular flexibility index (Phi) is 28.6. The lowest BCUT2D eigenvalue weighted by molar-refractivity contribution is -0.445. The Hall–Kier alpha value is -6.77. The number of fused-ring (bicyclic) bond motifs is 4. The number of aromatic amines is 4. The summed E-state index contributed by atoms with van der Waals surface area (Å²) in [6, 6.07) is 31.6. The van der Waals surface area contributed by atoms with Crippen LogP contribution in [0.25, 0.3) is 22.1 Å². The molecule has 1 aliphatic rings. The molecule has 0 fully saturated rings. The molecule has 7 rings (SSSR count). The molecular formula is C42H54B2F8N6O12. The molecule has 4 aromatic carbocycles. The lowest BCUT2D eigenvalue weighted by atomic mass is 10.3. The molecule has 70 heavy (non-hydrogen) atoms. The van der Waals surface area contributed by atoms with Crippen molar-refractivity contribution in [1.29, 1.82) is 0 Å². The molecule has 18 nitrogen and oxygen atoms in total. The second kappa shape index (κ2) is 33.7. The number of H-pyrrole nitrogens is 4. The maximum atomic E-state index is 9.75. The second-order valence-corrected chi connectivity index (χ2v) is 13.7. The van der Waals surface area contributed by atoms with Gasteiger partial charge in [0.25, 0.3) is 11.6 Å². The predicted octanol–water partition coefficient (Wildman–Crippen LogP) is 7.43. The number of benzene rings is 4. The summed E-state index contributed by atoms with van der Waals surface area (Å²) in [7, 11) is -10.2. The van der Waals surface area contributed by atoms with E-state index in [4.69, 9.17) is 58.1 Å². The minimum atomic E-state index is -6.00. The summed E-state index contributed by atoms with van der Waals surface area (Å²) in [6.07, 6.45) is 1.88. The van der Waals surface area contributed by atoms with Crippen molar-refractivity contribution in [3.63, 3.8) is 0 Å². The maximum absolute atomic E-state index is 9.75. The fraction of sp³-hybridized carbons (Fsp3) is 0.381. The van der Waals surface area contributed by atoms with Crippen LogP contribution < -0.4 is 28.9 Å². The van der Waals surface area contributed by atoms with E-state index in [9.17, 15) is 34.5 Å². The van der Waals surface area contributed by atoms with E-state index in [1.165, 1.54) is 0 Å². The number of nitrogens with zero attached hydrogens (tertiary/aromatic N) is 2. The van der Waals surface area contributed by atoms with Crippen LogP contribution in [0.1, 0.15) is 11.6 Å². The highest BCUT2D eigenvalue weighted by atomic mass is 19.5. The number of nitro groups is 2. The molecule has 386 valence electrons. The van der Waals surface area contributed by atoms with Gasteiger partial charge >= 0.3 is 14.5 Å². The SMILES string of the molecule is C[N+](=O)[O-].C[N+](=O)[O-].F[B-](F)(F)F.F[B-](F)(F)F.c1ccc2[nH+]c(CCc3[nH]c4ccccc4[nH+]3)[nH]c2c1.c1ccc2c(c1)OCCOCCOCCOc1ccccc1OCCOCCOCCO2. The fourth-order valence-electron chi connectivity index (χ4n) is 5.48. The van der Waals surface area contributed by atoms with Gasteiger partial charge in [0.15, 0.2) is 59.2 Å². The van der Waals surface area contributed by atoms with E-state index < -0.39 is 24.4 Å². The van der Waals surface area contributed by atoms with Crippen LogP contribution in [0.15, 0.2) is 97.1 Å². The first-order valence-electron chi connectivity index (χ1n) is 21.2. The molecular weight excluding hydrogens is 954 g/mol. The number of hydrogen-bond acceptors (Lipinski definition) is 12. The summed E-state index contributed by atoms with van der Waals surface area (Å²) in [6.45, 7) is 5.48. The van der Waals surface area contributed by atoms with Crippen molar-refractivity contribution in [2.75, 3.05) is 93.4 Å². The molecule has 0 saturated heterocycles. The zero-order valence-electron chi connectivity index (χ0n) is 38.1. The summed E-state index contributed by atoms with van der Waals surface area (Å²) in [5, 5.41) is 17.6. The normalized spacial score (nSPS) is 14.0. The van der Waals surface area contributed by atoms with Crippen LogP contribution in [0.3, 0.4) is 0 Å². The van der Waals surface area contributed by atoms with Crippen LogP contribution in [0.4, 0.5) is 34.5 Å². The van der Waals surface area contributed by atoms with E-state index in [1.807, 2.05) is 72.8 Å². The average molecular weight is 1010 g/mol. The highest BCUT2D eigenvalue weighted by molar-refractivity contribution is 6.50. The van der Waals surface area contributed by atoms with Gasteiger partial charge in [0.05, 0.1) is 65.7 Å². The highest BCUT2D eigenvalue weighted by Gasteiger charge is 2.21. The Bertz CT molecular complexity index is 2060. The molecule has 0 aliphatic carbocycles. The number of rotatable bonds is 3. The van der Waals surface area contributed by atoms with Gasteiger partial charge in [-0.15, -0.1) is 0 Å². The third kappa shape index (κ3) is 31.3. The zero-order chi connectivity index (χ0) is 51.6. The van der Waals surface area contributed by atoms with Crippen LogP contribution in [0, 0.1) is 20.2 Å². The van der Waals surface area contributed by atoms with Gasteiger partial charge in [-0.05, 0) is 48.5 Å². The minimum absolute atomic E-state index is 0.425. The monoisotopic (exact) mass is 1010 g/mol. The summed E-state index contributed by atoms with van der Waals surface area (Å²) in [5.74, 6) is 5.03. The molecule has 28 heteroatoms. The number of nitrogens with one attached hydrogen (secondary N) is 4. The predicted molar refractivity (Wildman–Crippen MR) is 241 cm³/mol. The van der Waals surface area contributed by atoms with Crippen LogP contribution in [0.2, 0.25) is 0 Å². The van der Waals surface area contributed by atoms with E-state index in [0.717, 1.165) is 60.7 Å². The Balaban J connectivity index is 0.000000371. The lowest BCUT2D eigenvalue weighted by Crippen LogP contribution is -2.15. The van der Waals surface area contributed by atoms with E-state index in [-0.39, 0.29) is 0 Å². The lowest BCUT2D eigenvalue weighted by Gasteiger charge is -2.14. The van der Waals surface area contributed by atoms with Crippen molar-refractivity contribution in [3.05, 3.63) is 129 Å². The van der Waals surface area contributed by atoms with Gasteiger partial charge in [-0.25, -0.2) is 19.9 Å². The van der Waals surface area contributed by atoms with Crippen molar-refractivity contribution in [1.82, 2.24) is 9.97 Å². The number of aryl methyl sites for hydroxylation is 2. The smallest absolute Gasteiger partial charge is 0.487 e. The molecule has 3 heterocycles. The molecule has 1 aliphatic heterocycles. The molecule has 4 N–H and O–H groups in total. The fourth-order valence-corrected chi connectivity index (χ4v) is 5.48. The molecule has 0 atom stereocenters. The quantitative estimate of drug-likeness (QED) is 0.0765.